The molecule has 126 valence electrons. The molecule has 9 heteroatoms. The average Bonchev–Trinajstić information content (AvgIpc) is 2.73. The zero-order chi connectivity index (χ0) is 16.5. The molecule has 0 aliphatic carbocycles. The number of carbonyl (C=O) groups is 2. The first kappa shape index (κ1) is 17.2. The zero-order valence-corrected chi connectivity index (χ0v) is 13.7. The molecule has 0 aromatic rings. The van der Waals surface area contributed by atoms with Crippen LogP contribution in [0.5, 0.6) is 0 Å². The lowest BCUT2D eigenvalue weighted by Gasteiger charge is -2.38. The second kappa shape index (κ2) is 6.13. The maximum Gasteiger partial charge on any atom is 0.322 e. The first-order chi connectivity index (χ1) is 10.2. The van der Waals surface area contributed by atoms with Gasteiger partial charge < -0.3 is 15.8 Å². The van der Waals surface area contributed by atoms with Gasteiger partial charge in [-0.05, 0) is 25.7 Å². The molecule has 0 aromatic heterocycles. The predicted octanol–water partition coefficient (Wildman–Crippen LogP) is -1.19. The third-order valence-corrected chi connectivity index (χ3v) is 5.89. The summed E-state index contributed by atoms with van der Waals surface area (Å²) < 4.78 is 29.1. The van der Waals surface area contributed by atoms with E-state index in [1.54, 1.807) is 0 Å². The van der Waals surface area contributed by atoms with Gasteiger partial charge in [0, 0.05) is 24.5 Å². The van der Waals surface area contributed by atoms with Gasteiger partial charge in [-0.15, -0.1) is 0 Å². The van der Waals surface area contributed by atoms with Gasteiger partial charge in [-0.1, -0.05) is 0 Å². The Morgan fingerprint density at radius 1 is 1.50 bits per heavy atom. The Morgan fingerprint density at radius 2 is 2.09 bits per heavy atom. The fraction of sp³-hybridized carbons (Fsp3) is 0.846. The fourth-order valence-corrected chi connectivity index (χ4v) is 4.14. The number of rotatable bonds is 4. The van der Waals surface area contributed by atoms with Crippen LogP contribution < -0.4 is 11.1 Å². The largest absolute Gasteiger partial charge is 0.468 e. The molecule has 2 rings (SSSR count). The molecule has 2 atom stereocenters. The van der Waals surface area contributed by atoms with Crippen molar-refractivity contribution in [1.29, 1.82) is 0 Å². The summed E-state index contributed by atoms with van der Waals surface area (Å²) in [6.45, 7) is 0.795. The molecule has 0 aromatic carbocycles. The number of sulfonamides is 1. The van der Waals surface area contributed by atoms with Crippen molar-refractivity contribution in [3.63, 3.8) is 0 Å². The molecular weight excluding hydrogens is 310 g/mol. The van der Waals surface area contributed by atoms with Crippen LogP contribution in [0.4, 0.5) is 0 Å². The lowest BCUT2D eigenvalue weighted by Crippen LogP contribution is -2.51. The lowest BCUT2D eigenvalue weighted by molar-refractivity contribution is -0.142. The van der Waals surface area contributed by atoms with Crippen molar-refractivity contribution in [1.82, 2.24) is 9.62 Å². The number of carbonyl (C=O) groups excluding carboxylic acids is 2. The number of hydrogen-bond acceptors (Lipinski definition) is 6. The summed E-state index contributed by atoms with van der Waals surface area (Å²) in [5.74, 6) is -0.980. The van der Waals surface area contributed by atoms with Gasteiger partial charge in [0.1, 0.15) is 6.04 Å². The molecule has 2 aliphatic rings. The van der Waals surface area contributed by atoms with Crippen LogP contribution in [-0.2, 0) is 24.3 Å². The van der Waals surface area contributed by atoms with E-state index in [0.717, 1.165) is 0 Å². The Hall–Kier alpha value is -1.19. The van der Waals surface area contributed by atoms with Gasteiger partial charge in [0.2, 0.25) is 15.9 Å². The monoisotopic (exact) mass is 333 g/mol. The summed E-state index contributed by atoms with van der Waals surface area (Å²) in [5.41, 5.74) is 5.35. The van der Waals surface area contributed by atoms with E-state index in [4.69, 9.17) is 5.73 Å². The van der Waals surface area contributed by atoms with Crippen molar-refractivity contribution < 1.29 is 22.7 Å². The van der Waals surface area contributed by atoms with Crippen LogP contribution >= 0.6 is 0 Å². The van der Waals surface area contributed by atoms with E-state index in [9.17, 15) is 18.0 Å². The van der Waals surface area contributed by atoms with Crippen LogP contribution in [-0.4, -0.2) is 62.6 Å². The number of nitrogens with zero attached hydrogens (tertiary/aromatic N) is 1. The van der Waals surface area contributed by atoms with Crippen LogP contribution in [0.1, 0.15) is 25.7 Å². The Morgan fingerprint density at radius 3 is 2.59 bits per heavy atom. The van der Waals surface area contributed by atoms with Crippen molar-refractivity contribution >= 4 is 21.9 Å². The smallest absolute Gasteiger partial charge is 0.322 e. The maximum absolute atomic E-state index is 12.1. The van der Waals surface area contributed by atoms with Gasteiger partial charge in [-0.25, -0.2) is 12.7 Å². The number of ether oxygens (including phenoxy) is 1. The number of hydrogen-bond donors (Lipinski definition) is 2. The van der Waals surface area contributed by atoms with Crippen LogP contribution in [0.2, 0.25) is 0 Å². The van der Waals surface area contributed by atoms with Crippen molar-refractivity contribution in [2.45, 2.75) is 37.3 Å². The minimum atomic E-state index is -3.19. The van der Waals surface area contributed by atoms with Crippen LogP contribution in [0, 0.1) is 5.92 Å². The maximum atomic E-state index is 12.1. The third kappa shape index (κ3) is 3.58. The van der Waals surface area contributed by atoms with Crippen molar-refractivity contribution in [2.75, 3.05) is 26.5 Å². The molecular formula is C13H23N3O5S. The van der Waals surface area contributed by atoms with Gasteiger partial charge in [-0.3, -0.25) is 9.59 Å². The molecule has 2 heterocycles. The molecule has 22 heavy (non-hydrogen) atoms. The molecule has 8 nitrogen and oxygen atoms in total. The summed E-state index contributed by atoms with van der Waals surface area (Å²) >= 11 is 0. The number of amides is 1. The summed E-state index contributed by atoms with van der Waals surface area (Å²) in [7, 11) is -1.93. The second-order valence-corrected chi connectivity index (χ2v) is 8.18. The molecule has 1 amide bonds. The minimum Gasteiger partial charge on any atom is -0.468 e. The topological polar surface area (TPSA) is 119 Å². The molecule has 1 spiro atoms. The molecule has 3 N–H and O–H groups in total. The van der Waals surface area contributed by atoms with Crippen molar-refractivity contribution in [3.05, 3.63) is 0 Å². The lowest BCUT2D eigenvalue weighted by atomic mass is 9.83. The fourth-order valence-electron chi connectivity index (χ4n) is 3.30. The summed E-state index contributed by atoms with van der Waals surface area (Å²) in [4.78, 5) is 23.5. The summed E-state index contributed by atoms with van der Waals surface area (Å²) in [6.07, 6.45) is 3.17. The van der Waals surface area contributed by atoms with Crippen LogP contribution in [0.3, 0.4) is 0 Å². The van der Waals surface area contributed by atoms with E-state index in [0.29, 0.717) is 32.4 Å². The molecule has 0 bridgehead atoms. The Labute approximate surface area is 130 Å². The van der Waals surface area contributed by atoms with Gasteiger partial charge >= 0.3 is 5.97 Å². The van der Waals surface area contributed by atoms with E-state index >= 15 is 0 Å². The van der Waals surface area contributed by atoms with E-state index in [-0.39, 0.29) is 23.8 Å². The van der Waals surface area contributed by atoms with Crippen molar-refractivity contribution in [2.24, 2.45) is 11.7 Å². The number of nitrogens with one attached hydrogen (secondary N) is 1. The quantitative estimate of drug-likeness (QED) is 0.624. The summed E-state index contributed by atoms with van der Waals surface area (Å²) in [6, 6.07) is -0.813. The van der Waals surface area contributed by atoms with Crippen molar-refractivity contribution in [3.8, 4) is 0 Å². The summed E-state index contributed by atoms with van der Waals surface area (Å²) in [5, 5.41) is 2.99. The van der Waals surface area contributed by atoms with E-state index < -0.39 is 22.0 Å². The van der Waals surface area contributed by atoms with E-state index in [2.05, 4.69) is 10.1 Å². The average molecular weight is 333 g/mol. The zero-order valence-electron chi connectivity index (χ0n) is 12.9. The predicted molar refractivity (Wildman–Crippen MR) is 79.2 cm³/mol. The molecule has 1 unspecified atom stereocenters. The van der Waals surface area contributed by atoms with Gasteiger partial charge in [0.25, 0.3) is 0 Å². The standard InChI is InChI=1S/C13H23N3O5S/c1-21-12(18)10(14)7-9-8-13(15-11(9)17)3-5-16(6-4-13)22(2,19)20/h9-10H,3-8,14H2,1-2H3,(H,15,17)/t9?,10-/m0/s1. The second-order valence-electron chi connectivity index (χ2n) is 6.20. The highest BCUT2D eigenvalue weighted by Gasteiger charge is 2.47. The Balaban J connectivity index is 1.97. The van der Waals surface area contributed by atoms with Gasteiger partial charge in [0.15, 0.2) is 0 Å². The molecule has 2 fully saturated rings. The first-order valence-corrected chi connectivity index (χ1v) is 9.12. The van der Waals surface area contributed by atoms with E-state index in [1.165, 1.54) is 17.7 Å². The molecule has 0 radical (unpaired) electrons. The molecule has 2 saturated heterocycles. The minimum absolute atomic E-state index is 0.118. The number of methoxy groups -OCH3 is 1. The third-order valence-electron chi connectivity index (χ3n) is 4.59. The Bertz CT molecular complexity index is 554. The van der Waals surface area contributed by atoms with Crippen LogP contribution in [0.15, 0.2) is 0 Å². The number of piperidine rings is 1. The molecule has 0 saturated carbocycles. The number of nitrogens with two attached hydrogens (primary N) is 1. The molecule has 2 aliphatic heterocycles. The highest BCUT2D eigenvalue weighted by atomic mass is 32.2. The highest BCUT2D eigenvalue weighted by Crippen LogP contribution is 2.36. The Kier molecular flexibility index (Phi) is 4.78. The van der Waals surface area contributed by atoms with E-state index in [1.807, 2.05) is 0 Å². The first-order valence-electron chi connectivity index (χ1n) is 7.27. The normalized spacial score (nSPS) is 26.7. The highest BCUT2D eigenvalue weighted by molar-refractivity contribution is 7.88. The van der Waals surface area contributed by atoms with Gasteiger partial charge in [-0.2, -0.15) is 0 Å². The SMILES string of the molecule is COC(=O)[C@@H](N)CC1CC2(CCN(S(C)(=O)=O)CC2)NC1=O. The number of esters is 1. The van der Waals surface area contributed by atoms with Crippen LogP contribution in [0.25, 0.3) is 0 Å². The van der Waals surface area contributed by atoms with Gasteiger partial charge in [0.05, 0.1) is 13.4 Å².